The van der Waals surface area contributed by atoms with Gasteiger partial charge in [0.05, 0.1) is 12.6 Å². The molecule has 2 aliphatic heterocycles. The molecule has 3 aliphatic rings. The average Bonchev–Trinajstić information content (AvgIpc) is 3.31. The van der Waals surface area contributed by atoms with E-state index in [1.807, 2.05) is 47.1 Å². The molecule has 0 bridgehead atoms. The summed E-state index contributed by atoms with van der Waals surface area (Å²) in [6.07, 6.45) is 8.60. The number of aromatic nitrogens is 2. The van der Waals surface area contributed by atoms with Gasteiger partial charge in [0.15, 0.2) is 5.82 Å². The van der Waals surface area contributed by atoms with Crippen molar-refractivity contribution < 1.29 is 9.59 Å². The number of fused-ring (bicyclic) bond motifs is 1. The normalized spacial score (nSPS) is 21.7. The van der Waals surface area contributed by atoms with Gasteiger partial charge in [0, 0.05) is 30.1 Å². The largest absolute Gasteiger partial charge is 0.332 e. The maximum atomic E-state index is 13.3. The number of benzene rings is 1. The molecule has 5 rings (SSSR count). The fourth-order valence-corrected chi connectivity index (χ4v) is 5.56. The van der Waals surface area contributed by atoms with Gasteiger partial charge in [0.2, 0.25) is 11.8 Å². The second kappa shape index (κ2) is 9.00. The smallest absolute Gasteiger partial charge is 0.228 e. The molecule has 2 aromatic rings. The second-order valence-electron chi connectivity index (χ2n) is 9.46. The summed E-state index contributed by atoms with van der Waals surface area (Å²) in [5.74, 6) is 1.98. The van der Waals surface area contributed by atoms with Crippen LogP contribution >= 0.6 is 0 Å². The van der Waals surface area contributed by atoms with Crippen LogP contribution < -0.4 is 4.90 Å². The Morgan fingerprint density at radius 1 is 1.00 bits per heavy atom. The molecular weight excluding hydrogens is 400 g/mol. The van der Waals surface area contributed by atoms with Gasteiger partial charge in [-0.3, -0.25) is 14.5 Å². The van der Waals surface area contributed by atoms with Crippen LogP contribution in [-0.2, 0) is 22.6 Å². The molecule has 32 heavy (non-hydrogen) atoms. The Morgan fingerprint density at radius 3 is 2.56 bits per heavy atom. The Bertz CT molecular complexity index is 1000. The van der Waals surface area contributed by atoms with Gasteiger partial charge < -0.3 is 4.90 Å². The van der Waals surface area contributed by atoms with E-state index in [1.54, 1.807) is 0 Å². The Balaban J connectivity index is 1.46. The van der Waals surface area contributed by atoms with Crippen LogP contribution in [0.2, 0.25) is 0 Å². The van der Waals surface area contributed by atoms with E-state index in [4.69, 9.17) is 9.97 Å². The van der Waals surface area contributed by atoms with Crippen molar-refractivity contribution >= 4 is 17.6 Å². The van der Waals surface area contributed by atoms with E-state index in [2.05, 4.69) is 0 Å². The summed E-state index contributed by atoms with van der Waals surface area (Å²) in [5, 5.41) is 0. The van der Waals surface area contributed by atoms with Crippen LogP contribution in [0.1, 0.15) is 80.1 Å². The molecular formula is C26H32N4O2. The summed E-state index contributed by atoms with van der Waals surface area (Å²) in [6, 6.07) is 9.97. The third-order valence-corrected chi connectivity index (χ3v) is 7.33. The number of carbonyl (C=O) groups excluding carboxylic acids is 2. The third-order valence-electron chi connectivity index (χ3n) is 7.33. The highest BCUT2D eigenvalue weighted by atomic mass is 16.2. The zero-order valence-electron chi connectivity index (χ0n) is 18.9. The first-order valence-corrected chi connectivity index (χ1v) is 12.1. The van der Waals surface area contributed by atoms with Gasteiger partial charge in [-0.1, -0.05) is 49.6 Å². The minimum atomic E-state index is -0.0796. The quantitative estimate of drug-likeness (QED) is 0.713. The van der Waals surface area contributed by atoms with Crippen molar-refractivity contribution in [3.05, 3.63) is 53.0 Å². The van der Waals surface area contributed by atoms with Crippen LogP contribution in [0, 0.1) is 12.8 Å². The lowest BCUT2D eigenvalue weighted by Crippen LogP contribution is -2.39. The van der Waals surface area contributed by atoms with E-state index >= 15 is 0 Å². The summed E-state index contributed by atoms with van der Waals surface area (Å²) in [5.41, 5.74) is 3.08. The number of hydrogen-bond donors (Lipinski definition) is 0. The maximum Gasteiger partial charge on any atom is 0.228 e. The molecule has 1 aliphatic carbocycles. The number of rotatable bonds is 4. The molecule has 0 unspecified atom stereocenters. The highest BCUT2D eigenvalue weighted by Crippen LogP contribution is 2.37. The average molecular weight is 433 g/mol. The van der Waals surface area contributed by atoms with Crippen LogP contribution in [0.4, 0.5) is 5.82 Å². The van der Waals surface area contributed by atoms with Gasteiger partial charge >= 0.3 is 0 Å². The van der Waals surface area contributed by atoms with Gasteiger partial charge in [0.1, 0.15) is 5.82 Å². The molecule has 3 heterocycles. The zero-order valence-corrected chi connectivity index (χ0v) is 18.9. The first kappa shape index (κ1) is 21.1. The summed E-state index contributed by atoms with van der Waals surface area (Å²) in [7, 11) is 0. The Hall–Kier alpha value is -2.76. The summed E-state index contributed by atoms with van der Waals surface area (Å²) >= 11 is 0. The van der Waals surface area contributed by atoms with Crippen molar-refractivity contribution in [2.45, 2.75) is 77.3 Å². The Kier molecular flexibility index (Phi) is 5.94. The molecule has 1 aromatic carbocycles. The topological polar surface area (TPSA) is 66.4 Å². The lowest BCUT2D eigenvalue weighted by Gasteiger charge is -2.32. The zero-order chi connectivity index (χ0) is 22.1. The number of nitrogens with zero attached hydrogens (tertiary/aromatic N) is 4. The Labute approximate surface area is 190 Å². The number of carbonyl (C=O) groups is 2. The van der Waals surface area contributed by atoms with Crippen molar-refractivity contribution in [3.63, 3.8) is 0 Å². The van der Waals surface area contributed by atoms with E-state index in [-0.39, 0.29) is 23.8 Å². The molecule has 0 spiro atoms. The van der Waals surface area contributed by atoms with E-state index in [0.717, 1.165) is 67.7 Å². The van der Waals surface area contributed by atoms with E-state index in [9.17, 15) is 9.59 Å². The predicted octanol–water partition coefficient (Wildman–Crippen LogP) is 4.51. The first-order valence-electron chi connectivity index (χ1n) is 12.1. The number of aryl methyl sites for hydroxylation is 1. The van der Waals surface area contributed by atoms with Crippen molar-refractivity contribution in [1.82, 2.24) is 14.9 Å². The summed E-state index contributed by atoms with van der Waals surface area (Å²) in [6.45, 7) is 3.31. The molecule has 0 N–H and O–H groups in total. The summed E-state index contributed by atoms with van der Waals surface area (Å²) in [4.78, 5) is 39.9. The third kappa shape index (κ3) is 4.03. The number of hydrogen-bond acceptors (Lipinski definition) is 4. The van der Waals surface area contributed by atoms with Crippen LogP contribution in [0.25, 0.3) is 0 Å². The Morgan fingerprint density at radius 2 is 1.78 bits per heavy atom. The lowest BCUT2D eigenvalue weighted by molar-refractivity contribution is -0.137. The van der Waals surface area contributed by atoms with Crippen LogP contribution in [0.15, 0.2) is 30.3 Å². The maximum absolute atomic E-state index is 13.3. The molecule has 1 saturated carbocycles. The molecule has 1 atom stereocenters. The lowest BCUT2D eigenvalue weighted by atomic mass is 9.88. The predicted molar refractivity (Wildman–Crippen MR) is 123 cm³/mol. The van der Waals surface area contributed by atoms with Crippen LogP contribution in [-0.4, -0.2) is 33.2 Å². The highest BCUT2D eigenvalue weighted by Gasteiger charge is 2.37. The van der Waals surface area contributed by atoms with Gasteiger partial charge in [-0.15, -0.1) is 0 Å². The van der Waals surface area contributed by atoms with Crippen molar-refractivity contribution in [1.29, 1.82) is 0 Å². The first-order chi connectivity index (χ1) is 15.6. The monoisotopic (exact) mass is 432 g/mol. The second-order valence-corrected chi connectivity index (χ2v) is 9.46. The standard InChI is InChI=1S/C26H32N4O2/c1-18-21-14-15-23(31)30(17-19-9-4-2-5-10-19)25(21)28-24(27-18)22-13-8-16-29(22)26(32)20-11-6-3-7-12-20/h2,4-5,9-10,20,22H,3,6-8,11-17H2,1H3/t22-/m0/s1. The number of likely N-dealkylation sites (tertiary alicyclic amines) is 1. The molecule has 1 aromatic heterocycles. The van der Waals surface area contributed by atoms with Gasteiger partial charge in [0.25, 0.3) is 0 Å². The molecule has 168 valence electrons. The molecule has 0 radical (unpaired) electrons. The van der Waals surface area contributed by atoms with Gasteiger partial charge in [-0.25, -0.2) is 9.97 Å². The molecule has 1 saturated heterocycles. The van der Waals surface area contributed by atoms with E-state index in [0.29, 0.717) is 25.2 Å². The van der Waals surface area contributed by atoms with E-state index in [1.165, 1.54) is 6.42 Å². The van der Waals surface area contributed by atoms with Crippen LogP contribution in [0.5, 0.6) is 0 Å². The van der Waals surface area contributed by atoms with Crippen molar-refractivity contribution in [2.24, 2.45) is 5.92 Å². The minimum absolute atomic E-state index is 0.0796. The molecule has 2 fully saturated rings. The number of anilines is 1. The van der Waals surface area contributed by atoms with Gasteiger partial charge in [-0.2, -0.15) is 0 Å². The van der Waals surface area contributed by atoms with Crippen LogP contribution in [0.3, 0.4) is 0 Å². The molecule has 6 nitrogen and oxygen atoms in total. The SMILES string of the molecule is Cc1nc([C@@H]2CCCN2C(=O)C2CCCCC2)nc2c1CCC(=O)N2Cc1ccccc1. The highest BCUT2D eigenvalue weighted by molar-refractivity contribution is 5.95. The minimum Gasteiger partial charge on any atom is -0.332 e. The van der Waals surface area contributed by atoms with Gasteiger partial charge in [-0.05, 0) is 44.6 Å². The molecule has 6 heteroatoms. The van der Waals surface area contributed by atoms with Crippen molar-refractivity contribution in [3.8, 4) is 0 Å². The molecule has 2 amide bonds. The number of amides is 2. The van der Waals surface area contributed by atoms with Crippen molar-refractivity contribution in [2.75, 3.05) is 11.4 Å². The fraction of sp³-hybridized carbons (Fsp3) is 0.538. The van der Waals surface area contributed by atoms with E-state index < -0.39 is 0 Å². The summed E-state index contributed by atoms with van der Waals surface area (Å²) < 4.78 is 0. The fourth-order valence-electron chi connectivity index (χ4n) is 5.56.